The highest BCUT2D eigenvalue weighted by Crippen LogP contribution is 2.22. The van der Waals surface area contributed by atoms with Gasteiger partial charge in [-0.2, -0.15) is 0 Å². The van der Waals surface area contributed by atoms with Crippen molar-refractivity contribution in [3.05, 3.63) is 59.6 Å². The van der Waals surface area contributed by atoms with Gasteiger partial charge in [0.2, 0.25) is 0 Å². The van der Waals surface area contributed by atoms with Crippen LogP contribution in [0, 0.1) is 0 Å². The minimum Gasteiger partial charge on any atom is -0.491 e. The largest absolute Gasteiger partial charge is 0.491 e. The number of likely N-dealkylation sites (tertiary alicyclic amines) is 1. The molecule has 3 rings (SSSR count). The lowest BCUT2D eigenvalue weighted by atomic mass is 10.2. The maximum Gasteiger partial charge on any atom is 0.119 e. The summed E-state index contributed by atoms with van der Waals surface area (Å²) in [5, 5.41) is 11.1. The minimum absolute atomic E-state index is 0.0162. The van der Waals surface area contributed by atoms with E-state index in [9.17, 15) is 5.11 Å². The average Bonchev–Trinajstić information content (AvgIpc) is 3.10. The molecule has 0 saturated carbocycles. The first-order chi connectivity index (χ1) is 12.1. The number of para-hydroxylation sites is 1. The van der Waals surface area contributed by atoms with Crippen LogP contribution < -0.4 is 9.47 Å². The number of ether oxygens (including phenoxy) is 2. The number of benzene rings is 2. The Hall–Kier alpha value is -1.75. The number of hydrogen-bond donors (Lipinski definition) is 1. The second-order valence-electron chi connectivity index (χ2n) is 6.41. The molecule has 0 aliphatic carbocycles. The van der Waals surface area contributed by atoms with E-state index in [-0.39, 0.29) is 18.8 Å². The van der Waals surface area contributed by atoms with Gasteiger partial charge < -0.3 is 14.6 Å². The van der Waals surface area contributed by atoms with Gasteiger partial charge in [0.05, 0.1) is 0 Å². The predicted octanol–water partition coefficient (Wildman–Crippen LogP) is 3.62. The van der Waals surface area contributed by atoms with E-state index in [0.29, 0.717) is 5.02 Å². The van der Waals surface area contributed by atoms with E-state index < -0.39 is 6.10 Å². The molecule has 1 aliphatic heterocycles. The van der Waals surface area contributed by atoms with Crippen molar-refractivity contribution in [1.82, 2.24) is 4.90 Å². The number of halogens is 1. The third-order valence-corrected chi connectivity index (χ3v) is 4.84. The number of aliphatic hydroxyl groups is 1. The fourth-order valence-corrected chi connectivity index (χ4v) is 3.13. The molecule has 1 aliphatic rings. The van der Waals surface area contributed by atoms with Crippen molar-refractivity contribution in [1.29, 1.82) is 0 Å². The summed E-state index contributed by atoms with van der Waals surface area (Å²) in [5.74, 6) is 1.61. The maximum absolute atomic E-state index is 10.4. The second-order valence-corrected chi connectivity index (χ2v) is 6.85. The molecule has 1 fully saturated rings. The number of hydrogen-bond acceptors (Lipinski definition) is 4. The molecule has 1 saturated heterocycles. The van der Waals surface area contributed by atoms with Crippen LogP contribution >= 0.6 is 11.6 Å². The van der Waals surface area contributed by atoms with E-state index in [4.69, 9.17) is 21.1 Å². The van der Waals surface area contributed by atoms with E-state index in [1.54, 1.807) is 0 Å². The molecule has 2 aromatic carbocycles. The highest BCUT2D eigenvalue weighted by Gasteiger charge is 2.31. The van der Waals surface area contributed by atoms with Crippen LogP contribution in [-0.4, -0.2) is 48.0 Å². The predicted molar refractivity (Wildman–Crippen MR) is 99.5 cm³/mol. The van der Waals surface area contributed by atoms with Gasteiger partial charge in [0.1, 0.15) is 30.3 Å². The van der Waals surface area contributed by atoms with Crippen molar-refractivity contribution in [3.8, 4) is 11.5 Å². The van der Waals surface area contributed by atoms with Gasteiger partial charge in [-0.05, 0) is 49.7 Å². The zero-order valence-corrected chi connectivity index (χ0v) is 15.1. The number of nitrogens with zero attached hydrogens (tertiary/aromatic N) is 1. The highest BCUT2D eigenvalue weighted by molar-refractivity contribution is 6.30. The maximum atomic E-state index is 10.4. The summed E-state index contributed by atoms with van der Waals surface area (Å²) < 4.78 is 11.7. The quantitative estimate of drug-likeness (QED) is 0.817. The SMILES string of the molecule is C[C@H]([C@@H](O)COc1ccccc1)N1CCC(Oc2ccc(Cl)cc2)C1. The summed E-state index contributed by atoms with van der Waals surface area (Å²) >= 11 is 5.90. The summed E-state index contributed by atoms with van der Waals surface area (Å²) in [6, 6.07) is 17.0. The van der Waals surface area contributed by atoms with Crippen LogP contribution in [0.5, 0.6) is 11.5 Å². The first kappa shape index (κ1) is 18.1. The Bertz CT molecular complexity index is 650. The Kier molecular flexibility index (Phi) is 6.19. The minimum atomic E-state index is -0.547. The molecule has 0 aromatic heterocycles. The van der Waals surface area contributed by atoms with Crippen LogP contribution in [0.1, 0.15) is 13.3 Å². The molecule has 0 spiro atoms. The van der Waals surface area contributed by atoms with Gasteiger partial charge >= 0.3 is 0 Å². The van der Waals surface area contributed by atoms with Crippen LogP contribution in [0.2, 0.25) is 5.02 Å². The lowest BCUT2D eigenvalue weighted by molar-refractivity contribution is 0.0309. The molecule has 134 valence electrons. The van der Waals surface area contributed by atoms with E-state index >= 15 is 0 Å². The fourth-order valence-electron chi connectivity index (χ4n) is 3.01. The van der Waals surface area contributed by atoms with Crippen molar-refractivity contribution < 1.29 is 14.6 Å². The molecule has 3 atom stereocenters. The Morgan fingerprint density at radius 2 is 1.84 bits per heavy atom. The van der Waals surface area contributed by atoms with Crippen molar-refractivity contribution in [3.63, 3.8) is 0 Å². The molecular formula is C20H24ClNO3. The molecule has 4 nitrogen and oxygen atoms in total. The van der Waals surface area contributed by atoms with Crippen molar-refractivity contribution >= 4 is 11.6 Å². The van der Waals surface area contributed by atoms with Gasteiger partial charge in [0.25, 0.3) is 0 Å². The van der Waals surface area contributed by atoms with Gasteiger partial charge in [0, 0.05) is 24.2 Å². The Balaban J connectivity index is 1.46. The first-order valence-electron chi connectivity index (χ1n) is 8.64. The topological polar surface area (TPSA) is 41.9 Å². The van der Waals surface area contributed by atoms with Gasteiger partial charge in [-0.3, -0.25) is 4.90 Å². The lowest BCUT2D eigenvalue weighted by Crippen LogP contribution is -2.43. The van der Waals surface area contributed by atoms with E-state index in [1.807, 2.05) is 61.5 Å². The Morgan fingerprint density at radius 3 is 2.56 bits per heavy atom. The molecule has 1 heterocycles. The van der Waals surface area contributed by atoms with Gasteiger partial charge in [-0.25, -0.2) is 0 Å². The van der Waals surface area contributed by atoms with Gasteiger partial charge in [0.15, 0.2) is 0 Å². The smallest absolute Gasteiger partial charge is 0.119 e. The normalized spacial score (nSPS) is 20.2. The molecule has 2 aromatic rings. The van der Waals surface area contributed by atoms with Crippen molar-refractivity contribution in [2.45, 2.75) is 31.6 Å². The van der Waals surface area contributed by atoms with Gasteiger partial charge in [-0.15, -0.1) is 0 Å². The van der Waals surface area contributed by atoms with Crippen molar-refractivity contribution in [2.75, 3.05) is 19.7 Å². The highest BCUT2D eigenvalue weighted by atomic mass is 35.5. The molecule has 1 unspecified atom stereocenters. The number of aliphatic hydroxyl groups excluding tert-OH is 1. The standard InChI is InChI=1S/C20H24ClNO3/c1-15(20(23)14-24-17-5-3-2-4-6-17)22-12-11-19(13-22)25-18-9-7-16(21)8-10-18/h2-10,15,19-20,23H,11-14H2,1H3/t15-,19?,20+/m1/s1. The van der Waals surface area contributed by atoms with Crippen LogP contribution in [0.4, 0.5) is 0 Å². The van der Waals surface area contributed by atoms with Crippen LogP contribution in [0.25, 0.3) is 0 Å². The third-order valence-electron chi connectivity index (χ3n) is 4.59. The van der Waals surface area contributed by atoms with Gasteiger partial charge in [-0.1, -0.05) is 29.8 Å². The zero-order chi connectivity index (χ0) is 17.6. The zero-order valence-electron chi connectivity index (χ0n) is 14.3. The van der Waals surface area contributed by atoms with E-state index in [2.05, 4.69) is 4.90 Å². The summed E-state index contributed by atoms with van der Waals surface area (Å²) in [7, 11) is 0. The molecule has 5 heteroatoms. The fraction of sp³-hybridized carbons (Fsp3) is 0.400. The summed E-state index contributed by atoms with van der Waals surface area (Å²) in [6.07, 6.45) is 0.527. The Morgan fingerprint density at radius 1 is 1.12 bits per heavy atom. The van der Waals surface area contributed by atoms with Crippen molar-refractivity contribution in [2.24, 2.45) is 0 Å². The summed E-state index contributed by atoms with van der Waals surface area (Å²) in [4.78, 5) is 2.25. The summed E-state index contributed by atoms with van der Waals surface area (Å²) in [6.45, 7) is 4.02. The summed E-state index contributed by atoms with van der Waals surface area (Å²) in [5.41, 5.74) is 0. The molecule has 1 N–H and O–H groups in total. The van der Waals surface area contributed by atoms with E-state index in [1.165, 1.54) is 0 Å². The molecule has 0 bridgehead atoms. The molecule has 0 radical (unpaired) electrons. The monoisotopic (exact) mass is 361 g/mol. The molecule has 0 amide bonds. The Labute approximate surface area is 153 Å². The van der Waals surface area contributed by atoms with Crippen LogP contribution in [0.3, 0.4) is 0 Å². The second kappa shape index (κ2) is 8.56. The van der Waals surface area contributed by atoms with E-state index in [0.717, 1.165) is 31.0 Å². The first-order valence-corrected chi connectivity index (χ1v) is 9.02. The lowest BCUT2D eigenvalue weighted by Gasteiger charge is -2.28. The number of rotatable bonds is 7. The average molecular weight is 362 g/mol. The van der Waals surface area contributed by atoms with Crippen LogP contribution in [0.15, 0.2) is 54.6 Å². The third kappa shape index (κ3) is 5.11. The van der Waals surface area contributed by atoms with Crippen LogP contribution in [-0.2, 0) is 0 Å². The molecular weight excluding hydrogens is 338 g/mol. The molecule has 25 heavy (non-hydrogen) atoms.